The van der Waals surface area contributed by atoms with Gasteiger partial charge in [-0.05, 0) is 25.5 Å². The highest BCUT2D eigenvalue weighted by molar-refractivity contribution is 6.13. The van der Waals surface area contributed by atoms with Crippen molar-refractivity contribution in [3.05, 3.63) is 35.4 Å². The smallest absolute Gasteiger partial charge is 0.302 e. The maximum atomic E-state index is 11.3. The molecule has 2 aromatic carbocycles. The average Bonchev–Trinajstić information content (AvgIpc) is 2.95. The number of hydrogen-bond donors (Lipinski definition) is 1. The summed E-state index contributed by atoms with van der Waals surface area (Å²) in [4.78, 5) is 14.8. The summed E-state index contributed by atoms with van der Waals surface area (Å²) >= 11 is 0. The van der Waals surface area contributed by atoms with Crippen LogP contribution in [0.2, 0.25) is 0 Å². The quantitative estimate of drug-likeness (QED) is 0.709. The fraction of sp³-hybridized carbons (Fsp3) is 0.350. The van der Waals surface area contributed by atoms with Crippen LogP contribution >= 0.6 is 0 Å². The van der Waals surface area contributed by atoms with Crippen molar-refractivity contribution >= 4 is 27.8 Å². The van der Waals surface area contributed by atoms with Crippen LogP contribution < -0.4 is 9.47 Å². The molecule has 0 saturated carbocycles. The van der Waals surface area contributed by atoms with Crippen LogP contribution in [0.25, 0.3) is 21.8 Å². The lowest BCUT2D eigenvalue weighted by atomic mass is 9.97. The Morgan fingerprint density at radius 1 is 1.16 bits per heavy atom. The SMILES string of the molecule is COc1c(C)c(CC(C)OC(C)=O)c2[nH]c3ccccc3c2c1OC. The number of carbonyl (C=O) groups excluding carboxylic acids is 1. The van der Waals surface area contributed by atoms with Gasteiger partial charge in [0.2, 0.25) is 0 Å². The molecular formula is C20H23NO4. The van der Waals surface area contributed by atoms with Crippen molar-refractivity contribution < 1.29 is 19.0 Å². The lowest BCUT2D eigenvalue weighted by molar-refractivity contribution is -0.145. The zero-order valence-corrected chi connectivity index (χ0v) is 15.2. The predicted molar refractivity (Wildman–Crippen MR) is 98.6 cm³/mol. The number of H-pyrrole nitrogens is 1. The molecule has 5 nitrogen and oxygen atoms in total. The van der Waals surface area contributed by atoms with Gasteiger partial charge in [0.25, 0.3) is 0 Å². The minimum atomic E-state index is -0.279. The van der Waals surface area contributed by atoms with Gasteiger partial charge in [0.15, 0.2) is 11.5 Å². The van der Waals surface area contributed by atoms with Gasteiger partial charge in [-0.1, -0.05) is 18.2 Å². The molecule has 1 atom stereocenters. The molecule has 0 bridgehead atoms. The van der Waals surface area contributed by atoms with Crippen LogP contribution in [-0.2, 0) is 16.0 Å². The number of para-hydroxylation sites is 1. The second-order valence-electron chi connectivity index (χ2n) is 6.21. The molecule has 0 aliphatic rings. The van der Waals surface area contributed by atoms with Gasteiger partial charge in [-0.25, -0.2) is 0 Å². The lowest BCUT2D eigenvalue weighted by Crippen LogP contribution is -2.16. The van der Waals surface area contributed by atoms with Crippen molar-refractivity contribution in [2.24, 2.45) is 0 Å². The van der Waals surface area contributed by atoms with Crippen LogP contribution in [0.4, 0.5) is 0 Å². The topological polar surface area (TPSA) is 60.5 Å². The molecule has 1 heterocycles. The van der Waals surface area contributed by atoms with Crippen LogP contribution in [0.5, 0.6) is 11.5 Å². The largest absolute Gasteiger partial charge is 0.493 e. The molecule has 0 amide bonds. The number of aromatic amines is 1. The first-order valence-corrected chi connectivity index (χ1v) is 8.29. The fourth-order valence-corrected chi connectivity index (χ4v) is 3.52. The molecule has 0 aliphatic carbocycles. The third-order valence-corrected chi connectivity index (χ3v) is 4.50. The van der Waals surface area contributed by atoms with Crippen LogP contribution in [0.1, 0.15) is 25.0 Å². The fourth-order valence-electron chi connectivity index (χ4n) is 3.52. The highest BCUT2D eigenvalue weighted by atomic mass is 16.5. The van der Waals surface area contributed by atoms with Crippen LogP contribution in [0.15, 0.2) is 24.3 Å². The zero-order chi connectivity index (χ0) is 18.1. The molecule has 132 valence electrons. The first-order chi connectivity index (χ1) is 12.0. The number of methoxy groups -OCH3 is 2. The molecule has 0 fully saturated rings. The summed E-state index contributed by atoms with van der Waals surface area (Å²) in [7, 11) is 3.30. The molecule has 0 radical (unpaired) electrons. The first kappa shape index (κ1) is 17.1. The number of carbonyl (C=O) groups is 1. The van der Waals surface area contributed by atoms with E-state index in [-0.39, 0.29) is 12.1 Å². The summed E-state index contributed by atoms with van der Waals surface area (Å²) in [5.41, 5.74) is 4.08. The van der Waals surface area contributed by atoms with Crippen LogP contribution in [0.3, 0.4) is 0 Å². The van der Waals surface area contributed by atoms with Gasteiger partial charge in [0, 0.05) is 29.8 Å². The van der Waals surface area contributed by atoms with Crippen molar-refractivity contribution in [1.29, 1.82) is 0 Å². The van der Waals surface area contributed by atoms with E-state index in [1.54, 1.807) is 14.2 Å². The maximum Gasteiger partial charge on any atom is 0.302 e. The van der Waals surface area contributed by atoms with E-state index in [9.17, 15) is 4.79 Å². The molecule has 1 unspecified atom stereocenters. The monoisotopic (exact) mass is 341 g/mol. The number of nitrogens with one attached hydrogen (secondary N) is 1. The molecule has 1 aromatic heterocycles. The second-order valence-corrected chi connectivity index (χ2v) is 6.21. The Kier molecular flexibility index (Phi) is 4.57. The Bertz CT molecular complexity index is 942. The summed E-state index contributed by atoms with van der Waals surface area (Å²) in [5, 5.41) is 2.07. The number of fused-ring (bicyclic) bond motifs is 3. The highest BCUT2D eigenvalue weighted by Crippen LogP contribution is 2.45. The number of ether oxygens (including phenoxy) is 3. The van der Waals surface area contributed by atoms with Gasteiger partial charge in [0.05, 0.1) is 25.1 Å². The standard InChI is InChI=1S/C20H23NO4/c1-11(25-13(3)22)10-15-12(2)19(23-4)20(24-5)17-14-8-6-7-9-16(14)21-18(15)17/h6-9,11,21H,10H2,1-5H3. The first-order valence-electron chi connectivity index (χ1n) is 8.29. The Hall–Kier alpha value is -2.69. The molecule has 1 N–H and O–H groups in total. The highest BCUT2D eigenvalue weighted by Gasteiger charge is 2.23. The molecule has 5 heteroatoms. The Balaban J connectivity index is 2.31. The van der Waals surface area contributed by atoms with Crippen LogP contribution in [-0.4, -0.2) is 31.3 Å². The van der Waals surface area contributed by atoms with Gasteiger partial charge in [0.1, 0.15) is 6.10 Å². The Morgan fingerprint density at radius 2 is 1.84 bits per heavy atom. The van der Waals surface area contributed by atoms with E-state index in [2.05, 4.69) is 11.1 Å². The molecule has 25 heavy (non-hydrogen) atoms. The van der Waals surface area contributed by atoms with Gasteiger partial charge < -0.3 is 19.2 Å². The molecular weight excluding hydrogens is 318 g/mol. The summed E-state index contributed by atoms with van der Waals surface area (Å²) in [6.07, 6.45) is 0.360. The maximum absolute atomic E-state index is 11.3. The van der Waals surface area contributed by atoms with Crippen molar-refractivity contribution in [3.63, 3.8) is 0 Å². The zero-order valence-electron chi connectivity index (χ0n) is 15.2. The third kappa shape index (κ3) is 2.90. The number of aromatic nitrogens is 1. The van der Waals surface area contributed by atoms with E-state index in [4.69, 9.17) is 14.2 Å². The minimum absolute atomic E-state index is 0.232. The Morgan fingerprint density at radius 3 is 2.48 bits per heavy atom. The van der Waals surface area contributed by atoms with Crippen molar-refractivity contribution in [3.8, 4) is 11.5 Å². The molecule has 3 rings (SSSR count). The van der Waals surface area contributed by atoms with Gasteiger partial charge in [-0.3, -0.25) is 4.79 Å². The normalized spacial score (nSPS) is 12.4. The van der Waals surface area contributed by atoms with E-state index in [1.165, 1.54) is 6.92 Å². The third-order valence-electron chi connectivity index (χ3n) is 4.50. The number of esters is 1. The van der Waals surface area contributed by atoms with Gasteiger partial charge >= 0.3 is 5.97 Å². The van der Waals surface area contributed by atoms with E-state index in [0.717, 1.165) is 38.7 Å². The summed E-state index contributed by atoms with van der Waals surface area (Å²) in [6.45, 7) is 5.32. The van der Waals surface area contributed by atoms with Crippen molar-refractivity contribution in [2.75, 3.05) is 14.2 Å². The van der Waals surface area contributed by atoms with Crippen LogP contribution in [0, 0.1) is 6.92 Å². The summed E-state index contributed by atoms with van der Waals surface area (Å²) < 4.78 is 16.7. The van der Waals surface area contributed by atoms with E-state index in [0.29, 0.717) is 12.2 Å². The summed E-state index contributed by atoms with van der Waals surface area (Å²) in [5.74, 6) is 1.15. The number of hydrogen-bond acceptors (Lipinski definition) is 4. The minimum Gasteiger partial charge on any atom is -0.493 e. The van der Waals surface area contributed by atoms with E-state index < -0.39 is 0 Å². The van der Waals surface area contributed by atoms with Crippen molar-refractivity contribution in [2.45, 2.75) is 33.3 Å². The average molecular weight is 341 g/mol. The molecule has 0 saturated heterocycles. The lowest BCUT2D eigenvalue weighted by Gasteiger charge is -2.19. The second kappa shape index (κ2) is 6.67. The Labute approximate surface area is 146 Å². The van der Waals surface area contributed by atoms with Gasteiger partial charge in [-0.2, -0.15) is 0 Å². The predicted octanol–water partition coefficient (Wildman–Crippen LogP) is 4.14. The summed E-state index contributed by atoms with van der Waals surface area (Å²) in [6, 6.07) is 8.10. The molecule has 0 aliphatic heterocycles. The number of benzene rings is 2. The van der Waals surface area contributed by atoms with E-state index >= 15 is 0 Å². The molecule has 0 spiro atoms. The molecule has 3 aromatic rings. The number of rotatable bonds is 5. The van der Waals surface area contributed by atoms with Gasteiger partial charge in [-0.15, -0.1) is 0 Å². The van der Waals surface area contributed by atoms with E-state index in [1.807, 2.05) is 32.0 Å². The van der Waals surface area contributed by atoms with Crippen molar-refractivity contribution in [1.82, 2.24) is 4.98 Å².